The molecule has 6 atom stereocenters. The highest BCUT2D eigenvalue weighted by Gasteiger charge is 2.70. The number of Topliss-reactive ketones (excluding diaryl/α,β-unsaturated/α-hetero) is 1. The van der Waals surface area contributed by atoms with Crippen LogP contribution in [0.15, 0.2) is 36.9 Å². The summed E-state index contributed by atoms with van der Waals surface area (Å²) in [4.78, 5) is 82.2. The molecule has 2 aliphatic rings. The second-order valence-corrected chi connectivity index (χ2v) is 16.3. The second-order valence-electron chi connectivity index (χ2n) is 16.3. The number of likely N-dealkylation sites (tertiary alicyclic amines) is 1. The minimum atomic E-state index is -1.08. The fraction of sp³-hybridized carbons (Fsp3) is 0.632. The summed E-state index contributed by atoms with van der Waals surface area (Å²) in [6, 6.07) is 2.21. The number of ether oxygens (including phenoxy) is 2. The summed E-state index contributed by atoms with van der Waals surface area (Å²) in [5, 5.41) is 10.8. The lowest BCUT2D eigenvalue weighted by atomic mass is 9.85. The van der Waals surface area contributed by atoms with E-state index in [9.17, 15) is 28.8 Å². The lowest BCUT2D eigenvalue weighted by Crippen LogP contribution is -2.62. The Bertz CT molecular complexity index is 1480. The monoisotopic (exact) mass is 711 g/mol. The first-order valence-electron chi connectivity index (χ1n) is 17.6. The third-order valence-electron chi connectivity index (χ3n) is 9.91. The maximum Gasteiger partial charge on any atom is 0.329 e. The Morgan fingerprint density at radius 2 is 1.55 bits per heavy atom. The number of hydrogen-bond acceptors (Lipinski definition) is 8. The number of benzene rings is 1. The van der Waals surface area contributed by atoms with Gasteiger partial charge >= 0.3 is 12.0 Å². The van der Waals surface area contributed by atoms with Crippen molar-refractivity contribution in [1.29, 1.82) is 0 Å². The van der Waals surface area contributed by atoms with Gasteiger partial charge in [-0.2, -0.15) is 0 Å². The van der Waals surface area contributed by atoms with Gasteiger partial charge in [0, 0.05) is 13.1 Å². The molecule has 2 fully saturated rings. The molecule has 1 aromatic rings. The Morgan fingerprint density at radius 3 is 2.08 bits per heavy atom. The number of carbonyl (C=O) groups is 6. The van der Waals surface area contributed by atoms with Gasteiger partial charge in [0.1, 0.15) is 30.5 Å². The van der Waals surface area contributed by atoms with E-state index in [1.165, 1.54) is 11.0 Å². The molecule has 1 aromatic carbocycles. The Hall–Kier alpha value is -4.42. The van der Waals surface area contributed by atoms with Gasteiger partial charge in [0.15, 0.2) is 0 Å². The Labute approximate surface area is 302 Å². The van der Waals surface area contributed by atoms with E-state index in [1.54, 1.807) is 72.9 Å². The summed E-state index contributed by atoms with van der Waals surface area (Å²) >= 11 is 0. The molecular formula is C38H57N5O8. The van der Waals surface area contributed by atoms with E-state index in [-0.39, 0.29) is 36.8 Å². The number of nitrogens with zero attached hydrogens (tertiary/aromatic N) is 1. The van der Waals surface area contributed by atoms with Crippen molar-refractivity contribution in [2.24, 2.45) is 28.1 Å². The molecule has 5 amide bonds. The number of amides is 5. The van der Waals surface area contributed by atoms with E-state index >= 15 is 0 Å². The first-order valence-corrected chi connectivity index (χ1v) is 17.6. The zero-order valence-electron chi connectivity index (χ0n) is 31.8. The smallest absolute Gasteiger partial charge is 0.329 e. The number of nitrogens with one attached hydrogen (secondary N) is 4. The predicted octanol–water partition coefficient (Wildman–Crippen LogP) is 3.51. The van der Waals surface area contributed by atoms with Crippen LogP contribution in [0.5, 0.6) is 5.75 Å². The molecule has 13 heteroatoms. The normalized spacial score (nSPS) is 20.8. The van der Waals surface area contributed by atoms with Crippen molar-refractivity contribution in [3.05, 3.63) is 42.5 Å². The highest BCUT2D eigenvalue weighted by molar-refractivity contribution is 6.38. The number of esters is 1. The van der Waals surface area contributed by atoms with Crippen molar-refractivity contribution in [1.82, 2.24) is 26.2 Å². The lowest BCUT2D eigenvalue weighted by Gasteiger charge is -2.38. The number of piperidine rings is 1. The van der Waals surface area contributed by atoms with E-state index in [0.717, 1.165) is 5.56 Å². The van der Waals surface area contributed by atoms with Crippen LogP contribution >= 0.6 is 0 Å². The van der Waals surface area contributed by atoms with Crippen LogP contribution in [0.1, 0.15) is 80.7 Å². The Morgan fingerprint density at radius 1 is 0.961 bits per heavy atom. The van der Waals surface area contributed by atoms with Crippen LogP contribution in [-0.2, 0) is 35.3 Å². The molecule has 0 spiro atoms. The maximum absolute atomic E-state index is 14.4. The zero-order valence-corrected chi connectivity index (χ0v) is 31.8. The maximum atomic E-state index is 14.4. The van der Waals surface area contributed by atoms with Crippen LogP contribution in [0, 0.1) is 28.1 Å². The quantitative estimate of drug-likeness (QED) is 0.122. The van der Waals surface area contributed by atoms with Crippen LogP contribution < -0.4 is 26.0 Å². The van der Waals surface area contributed by atoms with Gasteiger partial charge in [0.25, 0.3) is 5.91 Å². The summed E-state index contributed by atoms with van der Waals surface area (Å²) in [7, 11) is 1.56. The number of urea groups is 1. The third kappa shape index (κ3) is 9.89. The van der Waals surface area contributed by atoms with E-state index in [1.807, 2.05) is 20.8 Å². The van der Waals surface area contributed by atoms with E-state index < -0.39 is 70.5 Å². The molecule has 1 heterocycles. The van der Waals surface area contributed by atoms with E-state index in [4.69, 9.17) is 9.47 Å². The average Bonchev–Trinajstić information content (AvgIpc) is 3.36. The van der Waals surface area contributed by atoms with Gasteiger partial charge in [-0.15, -0.1) is 6.58 Å². The second kappa shape index (κ2) is 16.3. The molecule has 13 nitrogen and oxygen atoms in total. The Kier molecular flexibility index (Phi) is 13.1. The molecule has 1 aliphatic carbocycles. The topological polar surface area (TPSA) is 172 Å². The molecule has 0 bridgehead atoms. The largest absolute Gasteiger partial charge is 0.497 e. The molecule has 282 valence electrons. The van der Waals surface area contributed by atoms with E-state index in [0.29, 0.717) is 18.7 Å². The van der Waals surface area contributed by atoms with Gasteiger partial charge in [-0.25, -0.2) is 9.59 Å². The SMILES string of the molecule is C=CCNC(=O)C(=O)C(CCC)NC(=O)[C@@H]1[C@@H]2C(CN1C(=O)[C@@H](NC(=O)N[C@H](C(=O)OCc1ccc(OC)cc1)C(C)(C)C)C(C)(C)C)C2(C)C. The van der Waals surface area contributed by atoms with Crippen molar-refractivity contribution in [3.8, 4) is 5.75 Å². The number of methoxy groups -OCH3 is 1. The molecule has 1 aliphatic heterocycles. The highest BCUT2D eigenvalue weighted by atomic mass is 16.5. The molecule has 51 heavy (non-hydrogen) atoms. The van der Waals surface area contributed by atoms with Crippen molar-refractivity contribution in [3.63, 3.8) is 0 Å². The summed E-state index contributed by atoms with van der Waals surface area (Å²) < 4.78 is 10.7. The molecule has 0 aromatic heterocycles. The van der Waals surface area contributed by atoms with Crippen LogP contribution in [0.3, 0.4) is 0 Å². The number of hydrogen-bond donors (Lipinski definition) is 4. The first-order chi connectivity index (χ1) is 23.7. The fourth-order valence-corrected chi connectivity index (χ4v) is 6.74. The standard InChI is InChI=1S/C38H57N5O8/c1-12-14-25(28(44)32(46)39-19-13-2)40-31(45)27-26-24(38(26,9)10)20-43(27)33(47)29(36(3,4)5)41-35(49)42-30(37(6,7)8)34(48)51-21-22-15-17-23(50-11)18-16-22/h13,15-18,24-27,29-30H,2,12,14,19-21H2,1,3-11H3,(H,39,46)(H,40,45)(H2,41,42,49)/t24?,25?,26-,27-,29+,30+/m0/s1. The predicted molar refractivity (Wildman–Crippen MR) is 192 cm³/mol. The first kappa shape index (κ1) is 41.0. The lowest BCUT2D eigenvalue weighted by molar-refractivity contribution is -0.150. The summed E-state index contributed by atoms with van der Waals surface area (Å²) in [5.41, 5.74) is -1.02. The van der Waals surface area contributed by atoms with Crippen LogP contribution in [0.2, 0.25) is 0 Å². The van der Waals surface area contributed by atoms with Gasteiger partial charge < -0.3 is 35.6 Å². The zero-order chi connectivity index (χ0) is 38.5. The van der Waals surface area contributed by atoms with Gasteiger partial charge in [0.05, 0.1) is 13.2 Å². The van der Waals surface area contributed by atoms with Gasteiger partial charge in [-0.05, 0) is 52.2 Å². The molecule has 1 saturated carbocycles. The molecule has 1 saturated heterocycles. The van der Waals surface area contributed by atoms with Crippen LogP contribution in [0.25, 0.3) is 0 Å². The van der Waals surface area contributed by atoms with Crippen molar-refractivity contribution >= 4 is 35.5 Å². The summed E-state index contributed by atoms with van der Waals surface area (Å²) in [6.07, 6.45) is 2.23. The fourth-order valence-electron chi connectivity index (χ4n) is 6.74. The van der Waals surface area contributed by atoms with Gasteiger partial charge in [-0.1, -0.05) is 86.9 Å². The molecular weight excluding hydrogens is 654 g/mol. The Balaban J connectivity index is 1.79. The molecule has 4 N–H and O–H groups in total. The van der Waals surface area contributed by atoms with E-state index in [2.05, 4.69) is 27.8 Å². The van der Waals surface area contributed by atoms with Crippen molar-refractivity contribution in [2.45, 2.75) is 106 Å². The van der Waals surface area contributed by atoms with Crippen molar-refractivity contribution in [2.75, 3.05) is 20.2 Å². The third-order valence-corrected chi connectivity index (χ3v) is 9.91. The number of rotatable bonds is 15. The minimum Gasteiger partial charge on any atom is -0.497 e. The minimum absolute atomic E-state index is 0.0108. The molecule has 2 unspecified atom stereocenters. The number of fused-ring (bicyclic) bond motifs is 1. The van der Waals surface area contributed by atoms with Crippen LogP contribution in [-0.4, -0.2) is 84.8 Å². The van der Waals surface area contributed by atoms with Gasteiger partial charge in [0.2, 0.25) is 17.6 Å². The van der Waals surface area contributed by atoms with Crippen molar-refractivity contribution < 1.29 is 38.2 Å². The summed E-state index contributed by atoms with van der Waals surface area (Å²) in [5.74, 6) is -2.68. The number of carbonyl (C=O) groups excluding carboxylic acids is 6. The summed E-state index contributed by atoms with van der Waals surface area (Å²) in [6.45, 7) is 20.6. The average molecular weight is 712 g/mol. The van der Waals surface area contributed by atoms with Crippen LogP contribution in [0.4, 0.5) is 4.79 Å². The molecule has 0 radical (unpaired) electrons. The molecule has 3 rings (SSSR count). The number of ketones is 1. The highest BCUT2D eigenvalue weighted by Crippen LogP contribution is 2.65. The van der Waals surface area contributed by atoms with Gasteiger partial charge in [-0.3, -0.25) is 19.2 Å².